The third-order valence-electron chi connectivity index (χ3n) is 5.48. The number of benzene rings is 2. The fraction of sp³-hybridized carbons (Fsp3) is 0.292. The number of hydrogen-bond donors (Lipinski definition) is 4. The fourth-order valence-corrected chi connectivity index (χ4v) is 3.88. The van der Waals surface area contributed by atoms with Gasteiger partial charge in [-0.05, 0) is 44.2 Å². The molecule has 4 N–H and O–H groups in total. The lowest BCUT2D eigenvalue weighted by Crippen LogP contribution is -2.46. The van der Waals surface area contributed by atoms with E-state index < -0.39 is 5.54 Å². The molecule has 0 unspecified atom stereocenters. The summed E-state index contributed by atoms with van der Waals surface area (Å²) >= 11 is 6.34. The highest BCUT2D eigenvalue weighted by Gasteiger charge is 2.25. The molecule has 4 rings (SSSR count). The molecule has 10 heteroatoms. The van der Waals surface area contributed by atoms with Crippen molar-refractivity contribution in [3.63, 3.8) is 0 Å². The minimum absolute atomic E-state index is 0.140. The number of carbonyl (C=O) groups is 1. The highest BCUT2D eigenvalue weighted by Crippen LogP contribution is 2.33. The normalized spacial score (nSPS) is 12.7. The number of ether oxygens (including phenoxy) is 1. The predicted molar refractivity (Wildman–Crippen MR) is 132 cm³/mol. The van der Waals surface area contributed by atoms with Gasteiger partial charge in [-0.15, -0.1) is 0 Å². The standard InChI is InChI=1S/C24H27ClN6O3/c1-24(2,14-32)29-23(33)15-8-9-16-20(12-15)34-11-10-30-13-18(28-22(16)30)21(26)31(27-3)19-7-5-4-6-17(19)25/h4-9,12-13,26-27,32H,10-11,14H2,1-3H3,(H,29,33). The Hall–Kier alpha value is -3.40. The summed E-state index contributed by atoms with van der Waals surface area (Å²) in [5.41, 5.74) is 4.52. The van der Waals surface area contributed by atoms with E-state index in [9.17, 15) is 9.90 Å². The van der Waals surface area contributed by atoms with Crippen LogP contribution in [-0.4, -0.2) is 52.2 Å². The quantitative estimate of drug-likeness (QED) is 0.244. The van der Waals surface area contributed by atoms with Crippen molar-refractivity contribution in [2.45, 2.75) is 25.9 Å². The van der Waals surface area contributed by atoms with Crippen LogP contribution in [0.2, 0.25) is 5.02 Å². The Labute approximate surface area is 202 Å². The molecule has 0 saturated heterocycles. The number of hydrazine groups is 1. The molecule has 1 amide bonds. The van der Waals surface area contributed by atoms with E-state index in [1.807, 2.05) is 29.0 Å². The molecule has 1 aliphatic heterocycles. The van der Waals surface area contributed by atoms with Gasteiger partial charge < -0.3 is 19.7 Å². The largest absolute Gasteiger partial charge is 0.491 e. The summed E-state index contributed by atoms with van der Waals surface area (Å²) in [6.45, 7) is 4.24. The van der Waals surface area contributed by atoms with Gasteiger partial charge in [-0.1, -0.05) is 23.7 Å². The van der Waals surface area contributed by atoms with Crippen LogP contribution in [0.1, 0.15) is 29.9 Å². The van der Waals surface area contributed by atoms with Gasteiger partial charge in [0.25, 0.3) is 5.91 Å². The molecule has 0 fully saturated rings. The molecule has 2 heterocycles. The fourth-order valence-electron chi connectivity index (χ4n) is 3.66. The number of amidine groups is 1. The minimum Gasteiger partial charge on any atom is -0.491 e. The Bertz CT molecular complexity index is 1240. The molecule has 0 aliphatic carbocycles. The SMILES string of the molecule is CNN(C(=N)c1cn2c(n1)-c1ccc(C(=O)NC(C)(C)CO)cc1OCC2)c1ccccc1Cl. The number of nitrogens with one attached hydrogen (secondary N) is 3. The number of aliphatic hydroxyl groups is 1. The number of hydrogen-bond acceptors (Lipinski definition) is 6. The molecule has 0 spiro atoms. The van der Waals surface area contributed by atoms with Crippen LogP contribution in [0.5, 0.6) is 5.75 Å². The summed E-state index contributed by atoms with van der Waals surface area (Å²) in [5.74, 6) is 1.02. The molecule has 1 aromatic heterocycles. The molecule has 2 aromatic carbocycles. The van der Waals surface area contributed by atoms with Crippen LogP contribution in [0.15, 0.2) is 48.7 Å². The Kier molecular flexibility index (Phi) is 6.60. The first-order valence-electron chi connectivity index (χ1n) is 10.8. The van der Waals surface area contributed by atoms with Gasteiger partial charge in [-0.25, -0.2) is 10.4 Å². The number of nitrogens with zero attached hydrogens (tertiary/aromatic N) is 3. The number of para-hydroxylation sites is 1. The summed E-state index contributed by atoms with van der Waals surface area (Å²) in [6, 6.07) is 12.4. The third-order valence-corrected chi connectivity index (χ3v) is 5.80. The second-order valence-corrected chi connectivity index (χ2v) is 8.96. The van der Waals surface area contributed by atoms with Crippen molar-refractivity contribution in [1.82, 2.24) is 20.3 Å². The second kappa shape index (κ2) is 9.46. The van der Waals surface area contributed by atoms with Crippen molar-refractivity contribution in [2.24, 2.45) is 0 Å². The van der Waals surface area contributed by atoms with Gasteiger partial charge in [0.15, 0.2) is 5.84 Å². The van der Waals surface area contributed by atoms with E-state index in [4.69, 9.17) is 26.7 Å². The van der Waals surface area contributed by atoms with Gasteiger partial charge >= 0.3 is 0 Å². The number of fused-ring (bicyclic) bond motifs is 3. The second-order valence-electron chi connectivity index (χ2n) is 8.56. The first-order chi connectivity index (χ1) is 16.2. The molecule has 0 radical (unpaired) electrons. The number of rotatable bonds is 6. The van der Waals surface area contributed by atoms with E-state index in [1.165, 1.54) is 0 Å². The zero-order valence-electron chi connectivity index (χ0n) is 19.2. The molecular formula is C24H27ClN6O3. The van der Waals surface area contributed by atoms with Crippen LogP contribution in [0.4, 0.5) is 5.69 Å². The molecule has 0 atom stereocenters. The predicted octanol–water partition coefficient (Wildman–Crippen LogP) is 3.06. The lowest BCUT2D eigenvalue weighted by Gasteiger charge is -2.24. The Morgan fingerprint density at radius 3 is 2.79 bits per heavy atom. The van der Waals surface area contributed by atoms with Crippen LogP contribution in [0.25, 0.3) is 11.4 Å². The van der Waals surface area contributed by atoms with E-state index in [1.54, 1.807) is 50.2 Å². The van der Waals surface area contributed by atoms with Crippen LogP contribution in [0, 0.1) is 5.41 Å². The van der Waals surface area contributed by atoms with Gasteiger partial charge in [0.2, 0.25) is 0 Å². The lowest BCUT2D eigenvalue weighted by molar-refractivity contribution is 0.0869. The van der Waals surface area contributed by atoms with Crippen molar-refractivity contribution < 1.29 is 14.6 Å². The number of anilines is 1. The maximum absolute atomic E-state index is 12.7. The zero-order valence-corrected chi connectivity index (χ0v) is 20.0. The van der Waals surface area contributed by atoms with Gasteiger partial charge in [0.1, 0.15) is 23.9 Å². The smallest absolute Gasteiger partial charge is 0.251 e. The summed E-state index contributed by atoms with van der Waals surface area (Å²) < 4.78 is 7.84. The molecule has 1 aliphatic rings. The highest BCUT2D eigenvalue weighted by atomic mass is 35.5. The van der Waals surface area contributed by atoms with E-state index >= 15 is 0 Å². The number of carbonyl (C=O) groups excluding carboxylic acids is 1. The maximum atomic E-state index is 12.7. The van der Waals surface area contributed by atoms with Crippen molar-refractivity contribution in [3.8, 4) is 17.1 Å². The summed E-state index contributed by atoms with van der Waals surface area (Å²) in [4.78, 5) is 17.4. The van der Waals surface area contributed by atoms with Gasteiger partial charge in [0.05, 0.1) is 35.0 Å². The topological polar surface area (TPSA) is 116 Å². The summed E-state index contributed by atoms with van der Waals surface area (Å²) in [7, 11) is 1.71. The number of aromatic nitrogens is 2. The third kappa shape index (κ3) is 4.63. The average Bonchev–Trinajstić information content (AvgIpc) is 3.16. The van der Waals surface area contributed by atoms with E-state index in [0.717, 1.165) is 5.56 Å². The molecule has 34 heavy (non-hydrogen) atoms. The number of aliphatic hydroxyl groups excluding tert-OH is 1. The molecule has 0 saturated carbocycles. The monoisotopic (exact) mass is 482 g/mol. The molecule has 178 valence electrons. The van der Waals surface area contributed by atoms with Crippen molar-refractivity contribution >= 4 is 29.0 Å². The molecule has 3 aromatic rings. The minimum atomic E-state index is -0.739. The molecule has 9 nitrogen and oxygen atoms in total. The molecule has 0 bridgehead atoms. The number of imidazole rings is 1. The van der Waals surface area contributed by atoms with Crippen LogP contribution < -0.4 is 20.5 Å². The van der Waals surface area contributed by atoms with Crippen molar-refractivity contribution in [3.05, 3.63) is 64.9 Å². The number of amides is 1. The average molecular weight is 483 g/mol. The Balaban J connectivity index is 1.66. The van der Waals surface area contributed by atoms with E-state index in [-0.39, 0.29) is 18.3 Å². The van der Waals surface area contributed by atoms with E-state index in [0.29, 0.717) is 46.7 Å². The first kappa shape index (κ1) is 23.7. The summed E-state index contributed by atoms with van der Waals surface area (Å²) in [5, 5.41) is 23.1. The van der Waals surface area contributed by atoms with Crippen LogP contribution in [-0.2, 0) is 6.54 Å². The van der Waals surface area contributed by atoms with Crippen LogP contribution in [0.3, 0.4) is 0 Å². The maximum Gasteiger partial charge on any atom is 0.251 e. The number of halogens is 1. The first-order valence-corrected chi connectivity index (χ1v) is 11.2. The lowest BCUT2D eigenvalue weighted by atomic mass is 10.0. The molecular weight excluding hydrogens is 456 g/mol. The van der Waals surface area contributed by atoms with Gasteiger partial charge in [-0.2, -0.15) is 0 Å². The Morgan fingerprint density at radius 2 is 2.09 bits per heavy atom. The van der Waals surface area contributed by atoms with Gasteiger partial charge in [-0.3, -0.25) is 15.2 Å². The van der Waals surface area contributed by atoms with E-state index in [2.05, 4.69) is 10.7 Å². The summed E-state index contributed by atoms with van der Waals surface area (Å²) in [6.07, 6.45) is 1.81. The van der Waals surface area contributed by atoms with Crippen LogP contribution >= 0.6 is 11.6 Å². The Morgan fingerprint density at radius 1 is 1.32 bits per heavy atom. The van der Waals surface area contributed by atoms with Crippen molar-refractivity contribution in [2.75, 3.05) is 25.3 Å². The van der Waals surface area contributed by atoms with Gasteiger partial charge in [0, 0.05) is 18.8 Å². The zero-order chi connectivity index (χ0) is 24.5. The highest BCUT2D eigenvalue weighted by molar-refractivity contribution is 6.34. The van der Waals surface area contributed by atoms with Crippen molar-refractivity contribution in [1.29, 1.82) is 5.41 Å².